The molecule has 1 rings (SSSR count). The zero-order chi connectivity index (χ0) is 7.40. The van der Waals surface area contributed by atoms with Gasteiger partial charge in [0.05, 0.1) is 4.99 Å². The average Bonchev–Trinajstić information content (AvgIpc) is 2.34. The lowest BCUT2D eigenvalue weighted by atomic mass is 10.4. The maximum absolute atomic E-state index is 5.29. The molecule has 0 amide bonds. The van der Waals surface area contributed by atoms with E-state index in [4.69, 9.17) is 18.0 Å². The van der Waals surface area contributed by atoms with Crippen molar-refractivity contribution in [2.24, 2.45) is 5.73 Å². The van der Waals surface area contributed by atoms with Crippen LogP contribution in [0.4, 0.5) is 0 Å². The van der Waals surface area contributed by atoms with Gasteiger partial charge in [0.1, 0.15) is 0 Å². The highest BCUT2D eigenvalue weighted by atomic mass is 32.1. The van der Waals surface area contributed by atoms with E-state index >= 15 is 0 Å². The quantitative estimate of drug-likeness (QED) is 0.475. The molecule has 0 aromatic carbocycles. The maximum atomic E-state index is 5.29. The molecule has 0 radical (unpaired) electrons. The summed E-state index contributed by atoms with van der Waals surface area (Å²) in [7, 11) is 0. The molecule has 0 aromatic rings. The summed E-state index contributed by atoms with van der Waals surface area (Å²) in [5.74, 6) is 0. The molecule has 0 spiro atoms. The van der Waals surface area contributed by atoms with Crippen molar-refractivity contribution in [1.82, 2.24) is 4.90 Å². The van der Waals surface area contributed by atoms with E-state index in [2.05, 4.69) is 4.90 Å². The Morgan fingerprint density at radius 2 is 2.00 bits per heavy atom. The molecule has 1 aliphatic heterocycles. The van der Waals surface area contributed by atoms with Crippen LogP contribution in [-0.2, 0) is 0 Å². The van der Waals surface area contributed by atoms with Crippen molar-refractivity contribution in [1.29, 1.82) is 0 Å². The fourth-order valence-corrected chi connectivity index (χ4v) is 1.13. The molecule has 0 aromatic heterocycles. The average molecular weight is 156 g/mol. The number of nitrogens with zero attached hydrogens (tertiary/aromatic N) is 1. The Morgan fingerprint density at radius 3 is 2.50 bits per heavy atom. The van der Waals surface area contributed by atoms with E-state index in [1.807, 2.05) is 6.20 Å². The number of likely N-dealkylation sites (tertiary alicyclic amines) is 1. The topological polar surface area (TPSA) is 29.3 Å². The molecule has 0 aliphatic carbocycles. The van der Waals surface area contributed by atoms with Crippen molar-refractivity contribution in [3.63, 3.8) is 0 Å². The third kappa shape index (κ3) is 2.35. The standard InChI is InChI=1S/C7H12N2S/c8-7(10)3-6-9-4-1-2-5-9/h3,6H,1-2,4-5H2,(H2,8,10). The van der Waals surface area contributed by atoms with Crippen LogP contribution in [0, 0.1) is 0 Å². The van der Waals surface area contributed by atoms with E-state index in [9.17, 15) is 0 Å². The highest BCUT2D eigenvalue weighted by molar-refractivity contribution is 7.80. The SMILES string of the molecule is NC(=S)C=CN1CCCC1. The van der Waals surface area contributed by atoms with Crippen molar-refractivity contribution in [3.05, 3.63) is 12.3 Å². The molecule has 0 unspecified atom stereocenters. The molecule has 0 atom stereocenters. The first-order valence-corrected chi connectivity index (χ1v) is 3.91. The minimum Gasteiger partial charge on any atom is -0.390 e. The number of rotatable bonds is 2. The monoisotopic (exact) mass is 156 g/mol. The van der Waals surface area contributed by atoms with Crippen LogP contribution in [0.2, 0.25) is 0 Å². The molecule has 2 N–H and O–H groups in total. The largest absolute Gasteiger partial charge is 0.390 e. The van der Waals surface area contributed by atoms with Gasteiger partial charge in [0.15, 0.2) is 0 Å². The van der Waals surface area contributed by atoms with E-state index in [0.717, 1.165) is 13.1 Å². The summed E-state index contributed by atoms with van der Waals surface area (Å²) in [4.78, 5) is 2.70. The Kier molecular flexibility index (Phi) is 2.68. The Balaban J connectivity index is 2.29. The van der Waals surface area contributed by atoms with E-state index in [1.54, 1.807) is 6.08 Å². The van der Waals surface area contributed by atoms with Gasteiger partial charge in [-0.2, -0.15) is 0 Å². The van der Waals surface area contributed by atoms with Crippen LogP contribution in [0.15, 0.2) is 12.3 Å². The molecule has 1 saturated heterocycles. The van der Waals surface area contributed by atoms with E-state index in [0.29, 0.717) is 4.99 Å². The van der Waals surface area contributed by atoms with E-state index < -0.39 is 0 Å². The van der Waals surface area contributed by atoms with Gasteiger partial charge in [0.2, 0.25) is 0 Å². The maximum Gasteiger partial charge on any atom is 0.0976 e. The Bertz CT molecular complexity index is 148. The van der Waals surface area contributed by atoms with Crippen molar-refractivity contribution in [2.45, 2.75) is 12.8 Å². The number of hydrogen-bond donors (Lipinski definition) is 1. The Labute approximate surface area is 66.7 Å². The first kappa shape index (κ1) is 7.54. The molecule has 1 fully saturated rings. The van der Waals surface area contributed by atoms with Gasteiger partial charge in [-0.3, -0.25) is 0 Å². The van der Waals surface area contributed by atoms with Crippen molar-refractivity contribution < 1.29 is 0 Å². The summed E-state index contributed by atoms with van der Waals surface area (Å²) in [5, 5.41) is 0. The molecule has 56 valence electrons. The fourth-order valence-electron chi connectivity index (χ4n) is 1.07. The van der Waals surface area contributed by atoms with Gasteiger partial charge in [-0.05, 0) is 18.9 Å². The normalized spacial score (nSPS) is 18.6. The number of nitrogens with two attached hydrogens (primary N) is 1. The smallest absolute Gasteiger partial charge is 0.0976 e. The summed E-state index contributed by atoms with van der Waals surface area (Å²) in [6.45, 7) is 2.30. The van der Waals surface area contributed by atoms with Crippen molar-refractivity contribution >= 4 is 17.2 Å². The minimum atomic E-state index is 0.465. The fraction of sp³-hybridized carbons (Fsp3) is 0.571. The van der Waals surface area contributed by atoms with Gasteiger partial charge >= 0.3 is 0 Å². The van der Waals surface area contributed by atoms with Gasteiger partial charge < -0.3 is 10.6 Å². The third-order valence-corrected chi connectivity index (χ3v) is 1.73. The van der Waals surface area contributed by atoms with Crippen LogP contribution >= 0.6 is 12.2 Å². The Hall–Kier alpha value is -0.570. The predicted octanol–water partition coefficient (Wildman–Crippen LogP) is 0.882. The summed E-state index contributed by atoms with van der Waals surface area (Å²) in [5.41, 5.74) is 5.29. The molecule has 2 nitrogen and oxygen atoms in total. The second-order valence-corrected chi connectivity index (χ2v) is 2.93. The second kappa shape index (κ2) is 3.56. The van der Waals surface area contributed by atoms with Crippen LogP contribution in [0.1, 0.15) is 12.8 Å². The summed E-state index contributed by atoms with van der Waals surface area (Å²) in [6, 6.07) is 0. The van der Waals surface area contributed by atoms with Crippen LogP contribution < -0.4 is 5.73 Å². The van der Waals surface area contributed by atoms with Gasteiger partial charge in [-0.1, -0.05) is 12.2 Å². The van der Waals surface area contributed by atoms with Crippen LogP contribution in [0.5, 0.6) is 0 Å². The van der Waals surface area contributed by atoms with Crippen LogP contribution in [0.3, 0.4) is 0 Å². The molecular formula is C7H12N2S. The molecule has 0 bridgehead atoms. The molecule has 1 heterocycles. The summed E-state index contributed by atoms with van der Waals surface area (Å²) >= 11 is 4.69. The van der Waals surface area contributed by atoms with E-state index in [-0.39, 0.29) is 0 Å². The van der Waals surface area contributed by atoms with Crippen molar-refractivity contribution in [2.75, 3.05) is 13.1 Å². The van der Waals surface area contributed by atoms with E-state index in [1.165, 1.54) is 12.8 Å². The van der Waals surface area contributed by atoms with Gasteiger partial charge in [-0.25, -0.2) is 0 Å². The lowest BCUT2D eigenvalue weighted by molar-refractivity contribution is 0.468. The minimum absolute atomic E-state index is 0.465. The summed E-state index contributed by atoms with van der Waals surface area (Å²) in [6.07, 6.45) is 6.35. The van der Waals surface area contributed by atoms with Gasteiger partial charge in [0.25, 0.3) is 0 Å². The third-order valence-electron chi connectivity index (χ3n) is 1.59. The molecule has 3 heteroatoms. The zero-order valence-corrected chi connectivity index (χ0v) is 6.73. The molecule has 10 heavy (non-hydrogen) atoms. The first-order valence-electron chi connectivity index (χ1n) is 3.51. The van der Waals surface area contributed by atoms with Crippen LogP contribution in [0.25, 0.3) is 0 Å². The van der Waals surface area contributed by atoms with Crippen LogP contribution in [-0.4, -0.2) is 23.0 Å². The lowest BCUT2D eigenvalue weighted by Crippen LogP contribution is -2.12. The highest BCUT2D eigenvalue weighted by Crippen LogP contribution is 2.06. The predicted molar refractivity (Wildman–Crippen MR) is 46.7 cm³/mol. The summed E-state index contributed by atoms with van der Waals surface area (Å²) < 4.78 is 0. The lowest BCUT2D eigenvalue weighted by Gasteiger charge is -2.09. The highest BCUT2D eigenvalue weighted by Gasteiger charge is 2.05. The molecule has 0 saturated carbocycles. The van der Waals surface area contributed by atoms with Gasteiger partial charge in [0, 0.05) is 19.3 Å². The van der Waals surface area contributed by atoms with Crippen molar-refractivity contribution in [3.8, 4) is 0 Å². The number of hydrogen-bond acceptors (Lipinski definition) is 2. The molecular weight excluding hydrogens is 144 g/mol. The zero-order valence-electron chi connectivity index (χ0n) is 5.92. The first-order chi connectivity index (χ1) is 4.79. The Morgan fingerprint density at radius 1 is 1.40 bits per heavy atom. The van der Waals surface area contributed by atoms with Gasteiger partial charge in [-0.15, -0.1) is 0 Å². The number of thiocarbonyl (C=S) groups is 1. The second-order valence-electron chi connectivity index (χ2n) is 2.46. The molecule has 1 aliphatic rings.